The molecule has 0 aliphatic heterocycles. The zero-order valence-corrected chi connectivity index (χ0v) is 12.8. The number of primary amides is 1. The van der Waals surface area contributed by atoms with Crippen LogP contribution < -0.4 is 11.1 Å². The van der Waals surface area contributed by atoms with Crippen molar-refractivity contribution in [3.63, 3.8) is 0 Å². The minimum Gasteiger partial charge on any atom is -0.437 e. The van der Waals surface area contributed by atoms with Crippen LogP contribution in [0.2, 0.25) is 0 Å². The molecule has 2 aliphatic rings. The predicted octanol–water partition coefficient (Wildman–Crippen LogP) is 1.77. The van der Waals surface area contributed by atoms with E-state index < -0.39 is 5.54 Å². The van der Waals surface area contributed by atoms with Crippen molar-refractivity contribution < 1.29 is 9.21 Å². The first-order chi connectivity index (χ1) is 9.51. The number of hydrogen-bond donors (Lipinski definition) is 2. The average molecular weight is 295 g/mol. The number of aromatic nitrogens is 1. The van der Waals surface area contributed by atoms with Crippen molar-refractivity contribution in [1.29, 1.82) is 0 Å². The van der Waals surface area contributed by atoms with Crippen molar-refractivity contribution in [2.45, 2.75) is 56.3 Å². The van der Waals surface area contributed by atoms with Crippen molar-refractivity contribution in [2.75, 3.05) is 5.75 Å². The minimum absolute atomic E-state index is 0.237. The molecule has 1 amide bonds. The fourth-order valence-corrected chi connectivity index (χ4v) is 3.67. The van der Waals surface area contributed by atoms with Crippen LogP contribution in [0, 0.1) is 19.8 Å². The molecule has 2 saturated carbocycles. The van der Waals surface area contributed by atoms with Crippen molar-refractivity contribution in [1.82, 2.24) is 10.3 Å². The summed E-state index contributed by atoms with van der Waals surface area (Å²) in [6, 6.07) is 0.455. The van der Waals surface area contributed by atoms with Gasteiger partial charge >= 0.3 is 0 Å². The maximum atomic E-state index is 12.1. The Kier molecular flexibility index (Phi) is 3.54. The normalized spacial score (nSPS) is 21.7. The van der Waals surface area contributed by atoms with Gasteiger partial charge in [-0.2, -0.15) is 0 Å². The Labute approximate surface area is 123 Å². The van der Waals surface area contributed by atoms with Gasteiger partial charge < -0.3 is 10.2 Å². The highest BCUT2D eigenvalue weighted by Crippen LogP contribution is 2.44. The lowest BCUT2D eigenvalue weighted by atomic mass is 9.94. The number of aryl methyl sites for hydroxylation is 2. The summed E-state index contributed by atoms with van der Waals surface area (Å²) in [6.07, 6.45) is 4.44. The second kappa shape index (κ2) is 5.07. The van der Waals surface area contributed by atoms with Crippen molar-refractivity contribution in [2.24, 2.45) is 11.7 Å². The minimum atomic E-state index is -0.595. The van der Waals surface area contributed by atoms with Gasteiger partial charge in [0.2, 0.25) is 5.91 Å². The highest BCUT2D eigenvalue weighted by atomic mass is 32.2. The molecular weight excluding hydrogens is 274 g/mol. The van der Waals surface area contributed by atoms with Crippen LogP contribution in [0.5, 0.6) is 0 Å². The molecule has 5 nitrogen and oxygen atoms in total. The number of hydrogen-bond acceptors (Lipinski definition) is 5. The molecule has 0 spiro atoms. The van der Waals surface area contributed by atoms with Gasteiger partial charge in [-0.1, -0.05) is 11.8 Å². The molecule has 2 aliphatic carbocycles. The fraction of sp³-hybridized carbons (Fsp3) is 0.714. The quantitative estimate of drug-likeness (QED) is 0.749. The first-order valence-corrected chi connectivity index (χ1v) is 8.14. The van der Waals surface area contributed by atoms with Crippen LogP contribution in [0.15, 0.2) is 9.64 Å². The number of oxazole rings is 1. The topological polar surface area (TPSA) is 81.1 Å². The number of nitrogens with zero attached hydrogens (tertiary/aromatic N) is 1. The van der Waals surface area contributed by atoms with Gasteiger partial charge in [-0.15, -0.1) is 0 Å². The van der Waals surface area contributed by atoms with E-state index in [-0.39, 0.29) is 5.91 Å². The van der Waals surface area contributed by atoms with E-state index in [4.69, 9.17) is 10.2 Å². The van der Waals surface area contributed by atoms with E-state index in [9.17, 15) is 4.79 Å². The van der Waals surface area contributed by atoms with Gasteiger partial charge in [-0.3, -0.25) is 10.1 Å². The van der Waals surface area contributed by atoms with Crippen molar-refractivity contribution >= 4 is 17.7 Å². The van der Waals surface area contributed by atoms with Gasteiger partial charge in [0.25, 0.3) is 5.22 Å². The van der Waals surface area contributed by atoms with E-state index in [1.54, 1.807) is 0 Å². The lowest BCUT2D eigenvalue weighted by molar-refractivity contribution is -0.124. The van der Waals surface area contributed by atoms with Crippen LogP contribution in [0.25, 0.3) is 0 Å². The summed E-state index contributed by atoms with van der Waals surface area (Å²) >= 11 is 1.49. The molecule has 1 aromatic rings. The lowest BCUT2D eigenvalue weighted by Crippen LogP contribution is -2.60. The van der Waals surface area contributed by atoms with E-state index in [0.717, 1.165) is 37.1 Å². The first kappa shape index (κ1) is 13.9. The number of rotatable bonds is 7. The Morgan fingerprint density at radius 1 is 1.45 bits per heavy atom. The largest absolute Gasteiger partial charge is 0.437 e. The summed E-state index contributed by atoms with van der Waals surface area (Å²) < 4.78 is 5.58. The molecular formula is C14H21N3O2S. The molecule has 3 N–H and O–H groups in total. The Morgan fingerprint density at radius 3 is 2.60 bits per heavy atom. The van der Waals surface area contributed by atoms with Crippen LogP contribution in [0.4, 0.5) is 0 Å². The van der Waals surface area contributed by atoms with Crippen LogP contribution in [-0.2, 0) is 4.79 Å². The van der Waals surface area contributed by atoms with E-state index >= 15 is 0 Å². The second-order valence-corrected chi connectivity index (χ2v) is 6.87. The summed E-state index contributed by atoms with van der Waals surface area (Å²) in [5, 5.41) is 4.12. The van der Waals surface area contributed by atoms with Crippen molar-refractivity contribution in [3.8, 4) is 0 Å². The Balaban J connectivity index is 1.73. The van der Waals surface area contributed by atoms with E-state index in [1.165, 1.54) is 11.8 Å². The third kappa shape index (κ3) is 2.72. The number of nitrogens with two attached hydrogens (primary N) is 1. The van der Waals surface area contributed by atoms with Crippen LogP contribution in [-0.4, -0.2) is 28.2 Å². The average Bonchev–Trinajstić information content (AvgIpc) is 3.26. The van der Waals surface area contributed by atoms with Gasteiger partial charge in [-0.05, 0) is 45.4 Å². The molecule has 1 atom stereocenters. The third-order valence-corrected chi connectivity index (χ3v) is 5.21. The highest BCUT2D eigenvalue weighted by molar-refractivity contribution is 7.99. The Hall–Kier alpha value is -1.01. The van der Waals surface area contributed by atoms with Gasteiger partial charge in [0.15, 0.2) is 0 Å². The van der Waals surface area contributed by atoms with E-state index in [0.29, 0.717) is 22.9 Å². The molecule has 0 bridgehead atoms. The maximum Gasteiger partial charge on any atom is 0.256 e. The van der Waals surface area contributed by atoms with Crippen LogP contribution in [0.1, 0.15) is 37.1 Å². The summed E-state index contributed by atoms with van der Waals surface area (Å²) in [4.78, 5) is 16.4. The second-order valence-electron chi connectivity index (χ2n) is 5.94. The third-order valence-electron chi connectivity index (χ3n) is 4.19. The molecule has 6 heteroatoms. The molecule has 1 aromatic heterocycles. The van der Waals surface area contributed by atoms with E-state index in [1.807, 2.05) is 13.8 Å². The molecule has 0 saturated heterocycles. The Bertz CT molecular complexity index is 503. The maximum absolute atomic E-state index is 12.1. The van der Waals surface area contributed by atoms with Gasteiger partial charge in [0, 0.05) is 11.8 Å². The summed E-state index contributed by atoms with van der Waals surface area (Å²) in [5.74, 6) is 1.56. The molecule has 20 heavy (non-hydrogen) atoms. The lowest BCUT2D eigenvalue weighted by Gasteiger charge is -2.31. The van der Waals surface area contributed by atoms with Gasteiger partial charge in [0.05, 0.1) is 5.69 Å². The molecule has 0 aromatic carbocycles. The molecule has 1 heterocycles. The zero-order chi connectivity index (χ0) is 14.3. The SMILES string of the molecule is Cc1nc(SCC(NC2CC2)(C(N)=O)C2CC2)oc1C. The number of amides is 1. The van der Waals surface area contributed by atoms with Crippen molar-refractivity contribution in [3.05, 3.63) is 11.5 Å². The fourth-order valence-electron chi connectivity index (χ4n) is 2.47. The number of carbonyl (C=O) groups is 1. The Morgan fingerprint density at radius 2 is 2.15 bits per heavy atom. The predicted molar refractivity (Wildman–Crippen MR) is 77.5 cm³/mol. The summed E-state index contributed by atoms with van der Waals surface area (Å²) in [5.41, 5.74) is 6.03. The summed E-state index contributed by atoms with van der Waals surface area (Å²) in [6.45, 7) is 3.82. The van der Waals surface area contributed by atoms with Crippen LogP contribution in [0.3, 0.4) is 0 Å². The number of nitrogens with one attached hydrogen (secondary N) is 1. The van der Waals surface area contributed by atoms with Gasteiger partial charge in [0.1, 0.15) is 11.3 Å². The standard InChI is InChI=1S/C14H21N3O2S/c1-8-9(2)19-13(16-8)20-7-14(12(15)18,10-3-4-10)17-11-5-6-11/h10-11,17H,3-7H2,1-2H3,(H2,15,18). The summed E-state index contributed by atoms with van der Waals surface area (Å²) in [7, 11) is 0. The van der Waals surface area contributed by atoms with E-state index in [2.05, 4.69) is 10.3 Å². The molecule has 110 valence electrons. The zero-order valence-electron chi connectivity index (χ0n) is 11.9. The first-order valence-electron chi connectivity index (χ1n) is 7.15. The highest BCUT2D eigenvalue weighted by Gasteiger charge is 2.52. The number of carbonyl (C=O) groups excluding carboxylic acids is 1. The molecule has 2 fully saturated rings. The van der Waals surface area contributed by atoms with Gasteiger partial charge in [-0.25, -0.2) is 4.98 Å². The number of thioether (sulfide) groups is 1. The smallest absolute Gasteiger partial charge is 0.256 e. The van der Waals surface area contributed by atoms with Crippen LogP contribution >= 0.6 is 11.8 Å². The molecule has 3 rings (SSSR count). The monoisotopic (exact) mass is 295 g/mol. The molecule has 0 radical (unpaired) electrons. The molecule has 1 unspecified atom stereocenters.